The van der Waals surface area contributed by atoms with E-state index in [9.17, 15) is 4.79 Å². The Bertz CT molecular complexity index is 468. The third-order valence-corrected chi connectivity index (χ3v) is 2.45. The van der Waals surface area contributed by atoms with Gasteiger partial charge in [-0.3, -0.25) is 4.79 Å². The van der Waals surface area contributed by atoms with Crippen molar-refractivity contribution in [2.45, 2.75) is 19.9 Å². The minimum atomic E-state index is 0.383. The Hall–Kier alpha value is -1.57. The van der Waals surface area contributed by atoms with Crippen molar-refractivity contribution in [1.29, 1.82) is 0 Å². The average Bonchev–Trinajstić information content (AvgIpc) is 2.56. The smallest absolute Gasteiger partial charge is 0.152 e. The number of benzene rings is 1. The van der Waals surface area contributed by atoms with E-state index >= 15 is 0 Å². The molecule has 2 heteroatoms. The topological polar surface area (TPSA) is 22.0 Å². The second kappa shape index (κ2) is 3.29. The molecule has 1 heterocycles. The van der Waals surface area contributed by atoms with Crippen LogP contribution in [-0.2, 0) is 0 Å². The molecule has 0 fully saturated rings. The van der Waals surface area contributed by atoms with Crippen LogP contribution in [0.5, 0.6) is 0 Å². The molecule has 0 aliphatic heterocycles. The van der Waals surface area contributed by atoms with Gasteiger partial charge in [0.25, 0.3) is 0 Å². The van der Waals surface area contributed by atoms with Gasteiger partial charge in [-0.2, -0.15) is 0 Å². The molecule has 2 rings (SSSR count). The number of nitrogens with zero attached hydrogens (tertiary/aromatic N) is 1. The van der Waals surface area contributed by atoms with E-state index in [1.807, 2.05) is 30.5 Å². The van der Waals surface area contributed by atoms with Crippen LogP contribution in [0.1, 0.15) is 30.2 Å². The van der Waals surface area contributed by atoms with Gasteiger partial charge in [0.15, 0.2) is 6.29 Å². The van der Waals surface area contributed by atoms with Crippen molar-refractivity contribution >= 4 is 17.2 Å². The highest BCUT2D eigenvalue weighted by Crippen LogP contribution is 2.22. The summed E-state index contributed by atoms with van der Waals surface area (Å²) in [4.78, 5) is 10.8. The van der Waals surface area contributed by atoms with E-state index in [0.29, 0.717) is 6.04 Å². The molecule has 0 saturated carbocycles. The number of fused-ring (bicyclic) bond motifs is 1. The van der Waals surface area contributed by atoms with Crippen LogP contribution in [0, 0.1) is 0 Å². The van der Waals surface area contributed by atoms with Crippen molar-refractivity contribution in [3.8, 4) is 0 Å². The van der Waals surface area contributed by atoms with Crippen LogP contribution in [0.2, 0.25) is 0 Å². The van der Waals surface area contributed by atoms with Gasteiger partial charge in [0.05, 0.1) is 0 Å². The molecule has 0 N–H and O–H groups in total. The molecule has 0 amide bonds. The second-order valence-corrected chi connectivity index (χ2v) is 3.72. The molecule has 0 saturated heterocycles. The normalized spacial score (nSPS) is 11.1. The lowest BCUT2D eigenvalue weighted by Gasteiger charge is -2.08. The molecule has 0 aliphatic rings. The van der Waals surface area contributed by atoms with Gasteiger partial charge in [-0.15, -0.1) is 0 Å². The second-order valence-electron chi connectivity index (χ2n) is 3.72. The predicted molar refractivity (Wildman–Crippen MR) is 57.7 cm³/mol. The van der Waals surface area contributed by atoms with Gasteiger partial charge in [-0.1, -0.05) is 18.2 Å². The van der Waals surface area contributed by atoms with E-state index in [4.69, 9.17) is 0 Å². The number of hydrogen-bond donors (Lipinski definition) is 0. The van der Waals surface area contributed by atoms with Crippen molar-refractivity contribution in [2.75, 3.05) is 0 Å². The van der Waals surface area contributed by atoms with Crippen LogP contribution < -0.4 is 0 Å². The minimum Gasteiger partial charge on any atom is -0.344 e. The molecule has 1 aromatic carbocycles. The van der Waals surface area contributed by atoms with E-state index in [1.54, 1.807) is 0 Å². The number of aromatic nitrogens is 1. The Labute approximate surface area is 83.2 Å². The molecule has 2 nitrogen and oxygen atoms in total. The summed E-state index contributed by atoms with van der Waals surface area (Å²) in [5, 5.41) is 1.04. The van der Waals surface area contributed by atoms with Crippen molar-refractivity contribution in [3.63, 3.8) is 0 Å². The fraction of sp³-hybridized carbons (Fsp3) is 0.250. The van der Waals surface area contributed by atoms with Gasteiger partial charge in [0.1, 0.15) is 0 Å². The average molecular weight is 187 g/mol. The van der Waals surface area contributed by atoms with E-state index in [0.717, 1.165) is 22.8 Å². The highest BCUT2D eigenvalue weighted by atomic mass is 16.1. The van der Waals surface area contributed by atoms with Crippen molar-refractivity contribution < 1.29 is 4.79 Å². The van der Waals surface area contributed by atoms with Crippen molar-refractivity contribution in [2.24, 2.45) is 0 Å². The summed E-state index contributed by atoms with van der Waals surface area (Å²) in [5.74, 6) is 0. The lowest BCUT2D eigenvalue weighted by atomic mass is 10.2. The fourth-order valence-electron chi connectivity index (χ4n) is 1.75. The molecule has 72 valence electrons. The molecular weight excluding hydrogens is 174 g/mol. The third kappa shape index (κ3) is 1.23. The zero-order valence-electron chi connectivity index (χ0n) is 8.40. The molecule has 0 bridgehead atoms. The van der Waals surface area contributed by atoms with Gasteiger partial charge in [0.2, 0.25) is 0 Å². The summed E-state index contributed by atoms with van der Waals surface area (Å²) in [7, 11) is 0. The van der Waals surface area contributed by atoms with Crippen LogP contribution in [-0.4, -0.2) is 10.9 Å². The zero-order chi connectivity index (χ0) is 10.1. The number of carbonyl (C=O) groups is 1. The number of carbonyl (C=O) groups excluding carboxylic acids is 1. The standard InChI is InChI=1S/C12H13NO/c1-9(2)13-7-10(8-14)11-5-3-4-6-12(11)13/h3-9H,1-2H3. The molecule has 0 spiro atoms. The lowest BCUT2D eigenvalue weighted by Crippen LogP contribution is -1.97. The number of aldehydes is 1. The summed E-state index contributed by atoms with van der Waals surface area (Å²) in [6.45, 7) is 4.22. The van der Waals surface area contributed by atoms with E-state index in [2.05, 4.69) is 18.4 Å². The van der Waals surface area contributed by atoms with Crippen LogP contribution in [0.25, 0.3) is 10.9 Å². The fourth-order valence-corrected chi connectivity index (χ4v) is 1.75. The first kappa shape index (κ1) is 9.00. The monoisotopic (exact) mass is 187 g/mol. The van der Waals surface area contributed by atoms with Crippen LogP contribution in [0.3, 0.4) is 0 Å². The summed E-state index contributed by atoms with van der Waals surface area (Å²) in [6, 6.07) is 8.37. The van der Waals surface area contributed by atoms with E-state index < -0.39 is 0 Å². The SMILES string of the molecule is CC(C)n1cc(C=O)c2ccccc21. The summed E-state index contributed by atoms with van der Waals surface area (Å²) >= 11 is 0. The molecule has 2 aromatic rings. The lowest BCUT2D eigenvalue weighted by molar-refractivity contribution is 0.112. The molecule has 14 heavy (non-hydrogen) atoms. The first-order valence-corrected chi connectivity index (χ1v) is 4.79. The van der Waals surface area contributed by atoms with Crippen LogP contribution in [0.15, 0.2) is 30.5 Å². The van der Waals surface area contributed by atoms with Gasteiger partial charge < -0.3 is 4.57 Å². The zero-order valence-corrected chi connectivity index (χ0v) is 8.40. The molecular formula is C12H13NO. The number of rotatable bonds is 2. The van der Waals surface area contributed by atoms with E-state index in [-0.39, 0.29) is 0 Å². The Morgan fingerprint density at radius 1 is 1.29 bits per heavy atom. The Morgan fingerprint density at radius 3 is 2.64 bits per heavy atom. The molecule has 0 unspecified atom stereocenters. The van der Waals surface area contributed by atoms with E-state index in [1.165, 1.54) is 0 Å². The van der Waals surface area contributed by atoms with Crippen molar-refractivity contribution in [3.05, 3.63) is 36.0 Å². The summed E-state index contributed by atoms with van der Waals surface area (Å²) in [5.41, 5.74) is 1.90. The summed E-state index contributed by atoms with van der Waals surface area (Å²) < 4.78 is 2.12. The number of para-hydroxylation sites is 1. The largest absolute Gasteiger partial charge is 0.344 e. The highest BCUT2D eigenvalue weighted by molar-refractivity contribution is 5.97. The quantitative estimate of drug-likeness (QED) is 0.662. The first-order chi connectivity index (χ1) is 6.74. The minimum absolute atomic E-state index is 0.383. The maximum Gasteiger partial charge on any atom is 0.152 e. The van der Waals surface area contributed by atoms with Crippen LogP contribution in [0.4, 0.5) is 0 Å². The van der Waals surface area contributed by atoms with Gasteiger partial charge in [-0.05, 0) is 19.9 Å². The third-order valence-electron chi connectivity index (χ3n) is 2.45. The van der Waals surface area contributed by atoms with Gasteiger partial charge in [0, 0.05) is 28.7 Å². The molecule has 0 atom stereocenters. The Kier molecular flexibility index (Phi) is 2.12. The summed E-state index contributed by atoms with van der Waals surface area (Å²) in [6.07, 6.45) is 2.84. The molecule has 0 radical (unpaired) electrons. The highest BCUT2D eigenvalue weighted by Gasteiger charge is 2.08. The molecule has 1 aromatic heterocycles. The maximum atomic E-state index is 10.8. The predicted octanol–water partition coefficient (Wildman–Crippen LogP) is 3.03. The van der Waals surface area contributed by atoms with Crippen molar-refractivity contribution in [1.82, 2.24) is 4.57 Å². The van der Waals surface area contributed by atoms with Gasteiger partial charge in [-0.25, -0.2) is 0 Å². The first-order valence-electron chi connectivity index (χ1n) is 4.79. The van der Waals surface area contributed by atoms with Gasteiger partial charge >= 0.3 is 0 Å². The number of hydrogen-bond acceptors (Lipinski definition) is 1. The molecule has 0 aliphatic carbocycles. The van der Waals surface area contributed by atoms with Crippen LogP contribution >= 0.6 is 0 Å². The Balaban J connectivity index is 2.79. The maximum absolute atomic E-state index is 10.8. The Morgan fingerprint density at radius 2 is 2.00 bits per heavy atom.